The van der Waals surface area contributed by atoms with E-state index in [0.717, 1.165) is 0 Å². The second-order valence-electron chi connectivity index (χ2n) is 5.09. The van der Waals surface area contributed by atoms with Crippen molar-refractivity contribution in [3.63, 3.8) is 0 Å². The smallest absolute Gasteiger partial charge is 0.00934 e. The van der Waals surface area contributed by atoms with Crippen molar-refractivity contribution in [2.24, 2.45) is 0 Å². The van der Waals surface area contributed by atoms with Gasteiger partial charge in [0.05, 0.1) is 0 Å². The zero-order chi connectivity index (χ0) is 13.5. The van der Waals surface area contributed by atoms with Crippen molar-refractivity contribution in [3.05, 3.63) is 22.9 Å². The van der Waals surface area contributed by atoms with Gasteiger partial charge < -0.3 is 0 Å². The first-order chi connectivity index (χ1) is 8.85. The summed E-state index contributed by atoms with van der Waals surface area (Å²) in [4.78, 5) is 0. The maximum absolute atomic E-state index is 2.34. The van der Waals surface area contributed by atoms with Gasteiger partial charge in [0.1, 0.15) is 0 Å². The van der Waals surface area contributed by atoms with Gasteiger partial charge in [0.15, 0.2) is 0 Å². The fourth-order valence-electron chi connectivity index (χ4n) is 2.14. The van der Waals surface area contributed by atoms with Gasteiger partial charge in [-0.1, -0.05) is 12.1 Å². The molecule has 0 amide bonds. The molecule has 0 bridgehead atoms. The Kier molecular flexibility index (Phi) is 16.0. The fraction of sp³-hybridized carbons (Fsp3) is 0.750. The molecule has 106 valence electrons. The molecule has 1 rings (SSSR count). The number of hydrogen-bond donors (Lipinski definition) is 0. The van der Waals surface area contributed by atoms with E-state index in [1.807, 2.05) is 22.9 Å². The van der Waals surface area contributed by atoms with E-state index < -0.39 is 19.8 Å². The first kappa shape index (κ1) is 18.5. The second kappa shape index (κ2) is 15.6. The normalized spacial score (nSPS) is 10.2. The summed E-state index contributed by atoms with van der Waals surface area (Å²) >= 11 is 0.746. The summed E-state index contributed by atoms with van der Waals surface area (Å²) in [5, 5.41) is 4.08. The first-order valence-corrected chi connectivity index (χ1v) is 15.8. The molecule has 1 heterocycles. The molecule has 0 aliphatic rings. The predicted molar refractivity (Wildman–Crippen MR) is 90.6 cm³/mol. The van der Waals surface area contributed by atoms with Crippen LogP contribution in [0.1, 0.15) is 59.3 Å². The predicted octanol–water partition coefficient (Wildman–Crippen LogP) is 6.36. The van der Waals surface area contributed by atoms with Crippen molar-refractivity contribution < 1.29 is 0 Å². The Balaban J connectivity index is 0.000000473. The molecule has 0 aliphatic heterocycles. The van der Waals surface area contributed by atoms with Crippen LogP contribution in [0.2, 0.25) is 13.3 Å². The fourth-order valence-corrected chi connectivity index (χ4v) is 13.5. The molecule has 0 aliphatic carbocycles. The third-order valence-corrected chi connectivity index (χ3v) is 14.4. The summed E-state index contributed by atoms with van der Waals surface area (Å²) in [5.41, 5.74) is 0. The topological polar surface area (TPSA) is 0 Å². The van der Waals surface area contributed by atoms with E-state index in [1.54, 1.807) is 24.6 Å². The minimum Gasteiger partial charge on any atom is -0.152 e. The van der Waals surface area contributed by atoms with E-state index in [1.165, 1.54) is 38.5 Å². The maximum Gasteiger partial charge on any atom is -0.00934 e. The summed E-state index contributed by atoms with van der Waals surface area (Å²) < 4.78 is 5.08. The molecule has 0 atom stereocenters. The van der Waals surface area contributed by atoms with Crippen molar-refractivity contribution >= 4 is 31.1 Å². The van der Waals surface area contributed by atoms with Gasteiger partial charge in [-0.2, -0.15) is 11.3 Å². The molecule has 0 unspecified atom stereocenters. The van der Waals surface area contributed by atoms with Crippen LogP contribution in [0.4, 0.5) is 0 Å². The SMILES string of the molecule is CCC[CH2][SnH]([CH2]CCC)[CH2]CCC.c1ccsc1. The van der Waals surface area contributed by atoms with Gasteiger partial charge in [-0.15, -0.1) is 0 Å². The minimum absolute atomic E-state index is 0.967. The van der Waals surface area contributed by atoms with E-state index in [2.05, 4.69) is 20.8 Å². The average molecular weight is 375 g/mol. The molecule has 0 nitrogen and oxygen atoms in total. The Labute approximate surface area is 126 Å². The molecule has 0 saturated carbocycles. The summed E-state index contributed by atoms with van der Waals surface area (Å²) in [6.07, 6.45) is 8.87. The molecule has 2 heteroatoms. The van der Waals surface area contributed by atoms with Crippen molar-refractivity contribution in [1.29, 1.82) is 0 Å². The molecule has 0 radical (unpaired) electrons. The van der Waals surface area contributed by atoms with E-state index >= 15 is 0 Å². The summed E-state index contributed by atoms with van der Waals surface area (Å²) in [7, 11) is 0. The van der Waals surface area contributed by atoms with Crippen LogP contribution in [0.5, 0.6) is 0 Å². The third kappa shape index (κ3) is 12.9. The Hall–Kier alpha value is 0.499. The van der Waals surface area contributed by atoms with Crippen molar-refractivity contribution in [3.8, 4) is 0 Å². The van der Waals surface area contributed by atoms with E-state index in [0.29, 0.717) is 0 Å². The van der Waals surface area contributed by atoms with Crippen LogP contribution in [0, 0.1) is 0 Å². The Bertz CT molecular complexity index is 185. The Morgan fingerprint density at radius 3 is 1.33 bits per heavy atom. The minimum atomic E-state index is -0.967. The van der Waals surface area contributed by atoms with Crippen LogP contribution in [-0.2, 0) is 0 Å². The van der Waals surface area contributed by atoms with Crippen LogP contribution in [0.25, 0.3) is 0 Å². The van der Waals surface area contributed by atoms with Gasteiger partial charge in [-0.25, -0.2) is 0 Å². The number of thiophene rings is 1. The standard InChI is InChI=1S/C4H4S.3C4H9.Sn.H/c1-2-4-5-3-1;3*1-3-4-2;;/h1-4H;3*1,3-4H2,2H3;;. The Morgan fingerprint density at radius 1 is 0.722 bits per heavy atom. The monoisotopic (exact) mass is 376 g/mol. The third-order valence-electron chi connectivity index (χ3n) is 3.32. The maximum atomic E-state index is 2.34. The van der Waals surface area contributed by atoms with Crippen molar-refractivity contribution in [2.75, 3.05) is 0 Å². The van der Waals surface area contributed by atoms with Crippen molar-refractivity contribution in [1.82, 2.24) is 0 Å². The van der Waals surface area contributed by atoms with Gasteiger partial charge in [0.25, 0.3) is 0 Å². The molecular weight excluding hydrogens is 343 g/mol. The molecule has 1 aromatic heterocycles. The molecule has 18 heavy (non-hydrogen) atoms. The van der Waals surface area contributed by atoms with Crippen LogP contribution in [0.15, 0.2) is 22.9 Å². The number of unbranched alkanes of at least 4 members (excludes halogenated alkanes) is 3. The molecule has 0 spiro atoms. The van der Waals surface area contributed by atoms with Gasteiger partial charge in [0, 0.05) is 0 Å². The first-order valence-electron chi connectivity index (χ1n) is 7.82. The molecule has 0 saturated heterocycles. The summed E-state index contributed by atoms with van der Waals surface area (Å²) in [6, 6.07) is 4.04. The van der Waals surface area contributed by atoms with Crippen LogP contribution in [0.3, 0.4) is 0 Å². The van der Waals surface area contributed by atoms with E-state index in [4.69, 9.17) is 0 Å². The molecule has 0 N–H and O–H groups in total. The number of hydrogen-bond acceptors (Lipinski definition) is 1. The molecule has 0 aromatic carbocycles. The van der Waals surface area contributed by atoms with E-state index in [9.17, 15) is 0 Å². The largest absolute Gasteiger partial charge is 0.152 e. The van der Waals surface area contributed by atoms with Gasteiger partial charge in [0.2, 0.25) is 0 Å². The zero-order valence-corrected chi connectivity index (χ0v) is 16.8. The zero-order valence-electron chi connectivity index (χ0n) is 12.7. The Morgan fingerprint density at radius 2 is 1.11 bits per heavy atom. The quantitative estimate of drug-likeness (QED) is 0.441. The second-order valence-corrected chi connectivity index (χ2v) is 15.8. The number of rotatable bonds is 9. The molecular formula is C16H32SSn. The summed E-state index contributed by atoms with van der Waals surface area (Å²) in [6.45, 7) is 7.01. The van der Waals surface area contributed by atoms with Crippen LogP contribution < -0.4 is 0 Å². The molecule has 1 aromatic rings. The summed E-state index contributed by atoms with van der Waals surface area (Å²) in [5.74, 6) is 0. The molecule has 0 fully saturated rings. The average Bonchev–Trinajstić information content (AvgIpc) is 2.97. The van der Waals surface area contributed by atoms with Crippen LogP contribution >= 0.6 is 11.3 Å². The van der Waals surface area contributed by atoms with Gasteiger partial charge >= 0.3 is 92.4 Å². The van der Waals surface area contributed by atoms with E-state index in [-0.39, 0.29) is 0 Å². The van der Waals surface area contributed by atoms with Crippen molar-refractivity contribution in [2.45, 2.75) is 72.6 Å². The van der Waals surface area contributed by atoms with Crippen LogP contribution in [-0.4, -0.2) is 19.8 Å². The van der Waals surface area contributed by atoms with Gasteiger partial charge in [-0.3, -0.25) is 0 Å². The van der Waals surface area contributed by atoms with Gasteiger partial charge in [-0.05, 0) is 10.8 Å².